The van der Waals surface area contributed by atoms with E-state index in [4.69, 9.17) is 4.74 Å². The molecule has 1 aromatic rings. The second kappa shape index (κ2) is 9.96. The predicted molar refractivity (Wildman–Crippen MR) is 103 cm³/mol. The fourth-order valence-electron chi connectivity index (χ4n) is 2.59. The van der Waals surface area contributed by atoms with Crippen molar-refractivity contribution in [2.75, 3.05) is 51.8 Å². The van der Waals surface area contributed by atoms with E-state index in [2.05, 4.69) is 38.5 Å². The lowest BCUT2D eigenvalue weighted by molar-refractivity contribution is -0.127. The Balaban J connectivity index is 1.99. The van der Waals surface area contributed by atoms with Crippen LogP contribution in [0.25, 0.3) is 0 Å². The number of ether oxygens (including phenoxy) is 1. The van der Waals surface area contributed by atoms with Crippen LogP contribution in [0.1, 0.15) is 19.4 Å². The van der Waals surface area contributed by atoms with Crippen LogP contribution in [0.2, 0.25) is 0 Å². The van der Waals surface area contributed by atoms with Crippen molar-refractivity contribution in [3.63, 3.8) is 0 Å². The van der Waals surface area contributed by atoms with Crippen molar-refractivity contribution in [3.8, 4) is 0 Å². The summed E-state index contributed by atoms with van der Waals surface area (Å²) in [6, 6.07) is 4.03. The first-order chi connectivity index (χ1) is 12.5. The molecular formula is C18H30N6O2. The Labute approximate surface area is 155 Å². The van der Waals surface area contributed by atoms with Crippen molar-refractivity contribution in [1.29, 1.82) is 0 Å². The predicted octanol–water partition coefficient (Wildman–Crippen LogP) is 0.450. The first kappa shape index (κ1) is 20.0. The lowest BCUT2D eigenvalue weighted by Crippen LogP contribution is -2.42. The van der Waals surface area contributed by atoms with Gasteiger partial charge in [0.15, 0.2) is 5.96 Å². The number of hydrogen-bond donors (Lipinski definition) is 2. The number of carbonyl (C=O) groups is 1. The molecule has 8 heteroatoms. The van der Waals surface area contributed by atoms with Gasteiger partial charge in [0.1, 0.15) is 5.82 Å². The van der Waals surface area contributed by atoms with Crippen LogP contribution in [0.4, 0.5) is 5.82 Å². The summed E-state index contributed by atoms with van der Waals surface area (Å²) < 4.78 is 5.59. The summed E-state index contributed by atoms with van der Waals surface area (Å²) in [5.74, 6) is 1.58. The summed E-state index contributed by atoms with van der Waals surface area (Å²) in [5, 5.41) is 6.22. The molecule has 0 bridgehead atoms. The second-order valence-electron chi connectivity index (χ2n) is 6.49. The quantitative estimate of drug-likeness (QED) is 0.565. The zero-order valence-electron chi connectivity index (χ0n) is 16.2. The van der Waals surface area contributed by atoms with Crippen molar-refractivity contribution in [3.05, 3.63) is 23.9 Å². The standard InChI is InChI=1S/C18H30N6O2/c1-5-19-18(22-12-17(25)23(3)4)21-11-15-6-7-20-16(10-15)24-8-9-26-14(2)13-24/h6-7,10,14H,5,8-9,11-13H2,1-4H3,(H2,19,21,22). The molecule has 1 aliphatic rings. The van der Waals surface area contributed by atoms with Gasteiger partial charge in [-0.05, 0) is 31.5 Å². The van der Waals surface area contributed by atoms with Gasteiger partial charge in [-0.3, -0.25) is 4.79 Å². The third-order valence-electron chi connectivity index (χ3n) is 4.04. The van der Waals surface area contributed by atoms with Crippen LogP contribution in [0, 0.1) is 0 Å². The van der Waals surface area contributed by atoms with Crippen molar-refractivity contribution in [1.82, 2.24) is 20.5 Å². The number of amides is 1. The maximum atomic E-state index is 11.7. The van der Waals surface area contributed by atoms with E-state index in [0.29, 0.717) is 12.5 Å². The fraction of sp³-hybridized carbons (Fsp3) is 0.611. The molecule has 0 saturated carbocycles. The number of likely N-dealkylation sites (N-methyl/N-ethyl adjacent to an activating group) is 1. The van der Waals surface area contributed by atoms with Crippen molar-refractivity contribution in [2.45, 2.75) is 26.5 Å². The lowest BCUT2D eigenvalue weighted by Gasteiger charge is -2.32. The van der Waals surface area contributed by atoms with Gasteiger partial charge in [-0.15, -0.1) is 0 Å². The van der Waals surface area contributed by atoms with E-state index < -0.39 is 0 Å². The highest BCUT2D eigenvalue weighted by molar-refractivity contribution is 5.86. The minimum atomic E-state index is 0.00300. The molecule has 1 aliphatic heterocycles. The van der Waals surface area contributed by atoms with Gasteiger partial charge >= 0.3 is 0 Å². The minimum absolute atomic E-state index is 0.00300. The van der Waals surface area contributed by atoms with Gasteiger partial charge in [0, 0.05) is 39.9 Å². The first-order valence-corrected chi connectivity index (χ1v) is 9.03. The summed E-state index contributed by atoms with van der Waals surface area (Å²) in [6.07, 6.45) is 2.03. The van der Waals surface area contributed by atoms with Gasteiger partial charge in [0.05, 0.1) is 25.8 Å². The number of hydrogen-bond acceptors (Lipinski definition) is 5. The number of nitrogens with zero attached hydrogens (tertiary/aromatic N) is 4. The summed E-state index contributed by atoms with van der Waals surface area (Å²) in [4.78, 5) is 24.6. The van der Waals surface area contributed by atoms with Crippen LogP contribution in [0.15, 0.2) is 23.3 Å². The minimum Gasteiger partial charge on any atom is -0.375 e. The van der Waals surface area contributed by atoms with Gasteiger partial charge in [-0.2, -0.15) is 0 Å². The molecule has 1 saturated heterocycles. The number of morpholine rings is 1. The molecule has 0 radical (unpaired) electrons. The van der Waals surface area contributed by atoms with Crippen molar-refractivity contribution < 1.29 is 9.53 Å². The molecule has 0 aromatic carbocycles. The average molecular weight is 362 g/mol. The number of guanidine groups is 1. The highest BCUT2D eigenvalue weighted by Gasteiger charge is 2.18. The molecule has 1 amide bonds. The van der Waals surface area contributed by atoms with Crippen LogP contribution in [0.5, 0.6) is 0 Å². The van der Waals surface area contributed by atoms with E-state index in [1.807, 2.05) is 19.2 Å². The number of pyridine rings is 1. The zero-order chi connectivity index (χ0) is 18.9. The van der Waals surface area contributed by atoms with E-state index >= 15 is 0 Å². The molecule has 1 unspecified atom stereocenters. The van der Waals surface area contributed by atoms with Crippen LogP contribution in [0.3, 0.4) is 0 Å². The number of anilines is 1. The summed E-state index contributed by atoms with van der Waals surface area (Å²) in [5.41, 5.74) is 1.07. The molecule has 0 aliphatic carbocycles. The molecule has 1 atom stereocenters. The Morgan fingerprint density at radius 2 is 2.27 bits per heavy atom. The Morgan fingerprint density at radius 3 is 2.96 bits per heavy atom. The van der Waals surface area contributed by atoms with Gasteiger partial charge in [0.2, 0.25) is 5.91 Å². The second-order valence-corrected chi connectivity index (χ2v) is 6.49. The topological polar surface area (TPSA) is 82.1 Å². The number of carbonyl (C=O) groups excluding carboxylic acids is 1. The number of nitrogens with one attached hydrogen (secondary N) is 2. The average Bonchev–Trinajstić information content (AvgIpc) is 2.64. The molecule has 2 heterocycles. The molecular weight excluding hydrogens is 332 g/mol. The van der Waals surface area contributed by atoms with E-state index in [1.54, 1.807) is 19.0 Å². The largest absolute Gasteiger partial charge is 0.375 e. The Morgan fingerprint density at radius 1 is 1.46 bits per heavy atom. The maximum Gasteiger partial charge on any atom is 0.241 e. The van der Waals surface area contributed by atoms with E-state index in [9.17, 15) is 4.79 Å². The maximum absolute atomic E-state index is 11.7. The number of aliphatic imine (C=N–C) groups is 1. The third-order valence-corrected chi connectivity index (χ3v) is 4.04. The van der Waals surface area contributed by atoms with E-state index in [0.717, 1.165) is 37.6 Å². The fourth-order valence-corrected chi connectivity index (χ4v) is 2.59. The molecule has 144 valence electrons. The normalized spacial score (nSPS) is 17.8. The van der Waals surface area contributed by atoms with Gasteiger partial charge in [-0.25, -0.2) is 9.98 Å². The SMILES string of the molecule is CCNC(=NCc1ccnc(N2CCOC(C)C2)c1)NCC(=O)N(C)C. The van der Waals surface area contributed by atoms with Gasteiger partial charge in [-0.1, -0.05) is 0 Å². The molecule has 1 fully saturated rings. The highest BCUT2D eigenvalue weighted by Crippen LogP contribution is 2.16. The number of rotatable bonds is 6. The Bertz CT molecular complexity index is 619. The Hall–Kier alpha value is -2.35. The Kier molecular flexibility index (Phi) is 7.65. The monoisotopic (exact) mass is 362 g/mol. The molecule has 8 nitrogen and oxygen atoms in total. The molecule has 2 rings (SSSR count). The highest BCUT2D eigenvalue weighted by atomic mass is 16.5. The third kappa shape index (κ3) is 6.18. The molecule has 1 aromatic heterocycles. The summed E-state index contributed by atoms with van der Waals surface area (Å²) in [7, 11) is 3.47. The van der Waals surface area contributed by atoms with Crippen LogP contribution in [-0.2, 0) is 16.1 Å². The first-order valence-electron chi connectivity index (χ1n) is 9.03. The summed E-state index contributed by atoms with van der Waals surface area (Å²) >= 11 is 0. The number of aromatic nitrogens is 1. The van der Waals surface area contributed by atoms with E-state index in [1.165, 1.54) is 0 Å². The van der Waals surface area contributed by atoms with Crippen molar-refractivity contribution >= 4 is 17.7 Å². The van der Waals surface area contributed by atoms with Gasteiger partial charge in [0.25, 0.3) is 0 Å². The van der Waals surface area contributed by atoms with Crippen LogP contribution >= 0.6 is 0 Å². The smallest absolute Gasteiger partial charge is 0.241 e. The summed E-state index contributed by atoms with van der Waals surface area (Å²) in [6.45, 7) is 7.94. The van der Waals surface area contributed by atoms with Crippen molar-refractivity contribution in [2.24, 2.45) is 4.99 Å². The van der Waals surface area contributed by atoms with Crippen LogP contribution < -0.4 is 15.5 Å². The molecule has 0 spiro atoms. The lowest BCUT2D eigenvalue weighted by atomic mass is 10.2. The molecule has 26 heavy (non-hydrogen) atoms. The van der Waals surface area contributed by atoms with Gasteiger partial charge < -0.3 is 25.2 Å². The van der Waals surface area contributed by atoms with Crippen LogP contribution in [-0.4, -0.2) is 74.7 Å². The molecule has 2 N–H and O–H groups in total. The van der Waals surface area contributed by atoms with E-state index in [-0.39, 0.29) is 18.6 Å². The zero-order valence-corrected chi connectivity index (χ0v) is 16.2.